The normalized spacial score (nSPS) is 14.9. The summed E-state index contributed by atoms with van der Waals surface area (Å²) in [4.78, 5) is 32.3. The molecule has 0 spiro atoms. The number of aromatic nitrogens is 2. The number of carbonyl (C=O) groups is 1. The third kappa shape index (κ3) is 3.72. The van der Waals surface area contributed by atoms with E-state index in [1.165, 1.54) is 7.11 Å². The first-order valence-electron chi connectivity index (χ1n) is 9.64. The maximum atomic E-state index is 13.5. The van der Waals surface area contributed by atoms with Gasteiger partial charge in [0.15, 0.2) is 0 Å². The number of anilines is 1. The molecule has 0 unspecified atom stereocenters. The van der Waals surface area contributed by atoms with Crippen LogP contribution in [0.1, 0.15) is 30.1 Å². The van der Waals surface area contributed by atoms with Gasteiger partial charge < -0.3 is 9.64 Å². The summed E-state index contributed by atoms with van der Waals surface area (Å²) in [7, 11) is 1.33. The van der Waals surface area contributed by atoms with Gasteiger partial charge in [0.05, 0.1) is 29.3 Å². The Balaban J connectivity index is 1.96. The standard InChI is InChI=1S/C22H22ClN3O3/c1-14-8-10-25(11-9-14)22-24-19-12-15(21(28)29-2)6-7-18(19)20(27)26(22)17-5-3-4-16(23)13-17/h3-7,12-14H,8-11H2,1-2H3. The van der Waals surface area contributed by atoms with E-state index in [9.17, 15) is 9.59 Å². The molecule has 2 heterocycles. The molecule has 0 aliphatic carbocycles. The van der Waals surface area contributed by atoms with Gasteiger partial charge in [-0.05, 0) is 55.2 Å². The predicted octanol–water partition coefficient (Wildman–Crippen LogP) is 4.06. The first-order valence-corrected chi connectivity index (χ1v) is 10.0. The first kappa shape index (κ1) is 19.5. The summed E-state index contributed by atoms with van der Waals surface area (Å²) in [5.74, 6) is 0.753. The van der Waals surface area contributed by atoms with Gasteiger partial charge in [-0.1, -0.05) is 24.6 Å². The SMILES string of the molecule is COC(=O)c1ccc2c(=O)n(-c3cccc(Cl)c3)c(N3CCC(C)CC3)nc2c1. The summed E-state index contributed by atoms with van der Waals surface area (Å²) >= 11 is 6.19. The summed E-state index contributed by atoms with van der Waals surface area (Å²) in [6, 6.07) is 12.0. The van der Waals surface area contributed by atoms with Crippen LogP contribution in [-0.2, 0) is 4.74 Å². The van der Waals surface area contributed by atoms with Gasteiger partial charge in [0.1, 0.15) is 0 Å². The minimum absolute atomic E-state index is 0.192. The Labute approximate surface area is 173 Å². The van der Waals surface area contributed by atoms with Crippen LogP contribution in [-0.4, -0.2) is 35.7 Å². The number of carbonyl (C=O) groups excluding carboxylic acids is 1. The summed E-state index contributed by atoms with van der Waals surface area (Å²) < 4.78 is 6.42. The average Bonchev–Trinajstić information content (AvgIpc) is 2.73. The molecule has 0 saturated carbocycles. The zero-order chi connectivity index (χ0) is 20.5. The number of ether oxygens (including phenoxy) is 1. The largest absolute Gasteiger partial charge is 0.465 e. The predicted molar refractivity (Wildman–Crippen MR) is 114 cm³/mol. The Morgan fingerprint density at radius 3 is 2.62 bits per heavy atom. The fraction of sp³-hybridized carbons (Fsp3) is 0.318. The molecule has 1 aliphatic rings. The Morgan fingerprint density at radius 2 is 1.93 bits per heavy atom. The number of piperidine rings is 1. The van der Waals surface area contributed by atoms with E-state index in [1.54, 1.807) is 34.9 Å². The van der Waals surface area contributed by atoms with Gasteiger partial charge in [0.25, 0.3) is 5.56 Å². The van der Waals surface area contributed by atoms with Crippen molar-refractivity contribution in [2.24, 2.45) is 5.92 Å². The maximum absolute atomic E-state index is 13.5. The van der Waals surface area contributed by atoms with E-state index in [-0.39, 0.29) is 5.56 Å². The van der Waals surface area contributed by atoms with Gasteiger partial charge in [0, 0.05) is 18.1 Å². The highest BCUT2D eigenvalue weighted by molar-refractivity contribution is 6.30. The highest BCUT2D eigenvalue weighted by Gasteiger charge is 2.23. The number of methoxy groups -OCH3 is 1. The van der Waals surface area contributed by atoms with E-state index < -0.39 is 5.97 Å². The Hall–Kier alpha value is -2.86. The average molecular weight is 412 g/mol. The first-order chi connectivity index (χ1) is 14.0. The molecule has 1 saturated heterocycles. The topological polar surface area (TPSA) is 64.4 Å². The van der Waals surface area contributed by atoms with Crippen LogP contribution in [0.5, 0.6) is 0 Å². The maximum Gasteiger partial charge on any atom is 0.337 e. The number of halogens is 1. The Bertz CT molecular complexity index is 1130. The molecule has 0 amide bonds. The number of fused-ring (bicyclic) bond motifs is 1. The molecule has 1 aromatic heterocycles. The van der Waals surface area contributed by atoms with E-state index >= 15 is 0 Å². The molecule has 0 N–H and O–H groups in total. The lowest BCUT2D eigenvalue weighted by Gasteiger charge is -2.32. The molecule has 4 rings (SSSR count). The van der Waals surface area contributed by atoms with Gasteiger partial charge in [-0.3, -0.25) is 4.79 Å². The molecule has 0 bridgehead atoms. The molecule has 0 radical (unpaired) electrons. The molecular weight excluding hydrogens is 390 g/mol. The molecule has 3 aromatic rings. The van der Waals surface area contributed by atoms with E-state index in [0.717, 1.165) is 25.9 Å². The quantitative estimate of drug-likeness (QED) is 0.608. The van der Waals surface area contributed by atoms with Crippen LogP contribution >= 0.6 is 11.6 Å². The van der Waals surface area contributed by atoms with Crippen LogP contribution in [0.4, 0.5) is 5.95 Å². The highest BCUT2D eigenvalue weighted by atomic mass is 35.5. The van der Waals surface area contributed by atoms with Crippen LogP contribution in [0, 0.1) is 5.92 Å². The minimum Gasteiger partial charge on any atom is -0.465 e. The summed E-state index contributed by atoms with van der Waals surface area (Å²) in [5.41, 5.74) is 1.32. The Morgan fingerprint density at radius 1 is 1.17 bits per heavy atom. The molecule has 0 atom stereocenters. The molecule has 7 heteroatoms. The lowest BCUT2D eigenvalue weighted by Crippen LogP contribution is -2.38. The zero-order valence-corrected chi connectivity index (χ0v) is 17.1. The van der Waals surface area contributed by atoms with Crippen molar-refractivity contribution in [3.63, 3.8) is 0 Å². The van der Waals surface area contributed by atoms with Gasteiger partial charge in [-0.25, -0.2) is 14.3 Å². The van der Waals surface area contributed by atoms with Crippen LogP contribution < -0.4 is 10.5 Å². The fourth-order valence-corrected chi connectivity index (χ4v) is 3.87. The van der Waals surface area contributed by atoms with Crippen molar-refractivity contribution in [1.82, 2.24) is 9.55 Å². The lowest BCUT2D eigenvalue weighted by molar-refractivity contribution is 0.0601. The smallest absolute Gasteiger partial charge is 0.337 e. The number of esters is 1. The fourth-order valence-electron chi connectivity index (χ4n) is 3.69. The van der Waals surface area contributed by atoms with Crippen molar-refractivity contribution in [2.75, 3.05) is 25.1 Å². The van der Waals surface area contributed by atoms with Crippen molar-refractivity contribution in [1.29, 1.82) is 0 Å². The van der Waals surface area contributed by atoms with Gasteiger partial charge in [-0.2, -0.15) is 0 Å². The zero-order valence-electron chi connectivity index (χ0n) is 16.4. The van der Waals surface area contributed by atoms with Crippen molar-refractivity contribution in [2.45, 2.75) is 19.8 Å². The number of benzene rings is 2. The third-order valence-electron chi connectivity index (χ3n) is 5.41. The highest BCUT2D eigenvalue weighted by Crippen LogP contribution is 2.26. The van der Waals surface area contributed by atoms with Crippen molar-refractivity contribution >= 4 is 34.4 Å². The molecule has 150 valence electrons. The van der Waals surface area contributed by atoms with Gasteiger partial charge in [-0.15, -0.1) is 0 Å². The molecule has 1 fully saturated rings. The Kier molecular flexibility index (Phi) is 5.28. The van der Waals surface area contributed by atoms with Gasteiger partial charge in [0.2, 0.25) is 5.95 Å². The number of rotatable bonds is 3. The second kappa shape index (κ2) is 7.87. The summed E-state index contributed by atoms with van der Waals surface area (Å²) in [6.07, 6.45) is 2.07. The van der Waals surface area contributed by atoms with Crippen LogP contribution in [0.25, 0.3) is 16.6 Å². The second-order valence-electron chi connectivity index (χ2n) is 7.43. The molecule has 2 aromatic carbocycles. The van der Waals surface area contributed by atoms with Crippen molar-refractivity contribution in [3.8, 4) is 5.69 Å². The van der Waals surface area contributed by atoms with E-state index in [1.807, 2.05) is 12.1 Å². The third-order valence-corrected chi connectivity index (χ3v) is 5.64. The molecule has 6 nitrogen and oxygen atoms in total. The number of hydrogen-bond acceptors (Lipinski definition) is 5. The van der Waals surface area contributed by atoms with Crippen molar-refractivity contribution < 1.29 is 9.53 Å². The monoisotopic (exact) mass is 411 g/mol. The van der Waals surface area contributed by atoms with E-state index in [0.29, 0.717) is 39.0 Å². The van der Waals surface area contributed by atoms with Crippen LogP contribution in [0.2, 0.25) is 5.02 Å². The lowest BCUT2D eigenvalue weighted by atomic mass is 9.99. The van der Waals surface area contributed by atoms with Gasteiger partial charge >= 0.3 is 5.97 Å². The number of nitrogens with zero attached hydrogens (tertiary/aromatic N) is 3. The van der Waals surface area contributed by atoms with E-state index in [2.05, 4.69) is 11.8 Å². The molecule has 1 aliphatic heterocycles. The summed E-state index contributed by atoms with van der Waals surface area (Å²) in [5, 5.41) is 0.987. The molecular formula is C22H22ClN3O3. The summed E-state index contributed by atoms with van der Waals surface area (Å²) in [6.45, 7) is 3.87. The van der Waals surface area contributed by atoms with Crippen molar-refractivity contribution in [3.05, 3.63) is 63.4 Å². The van der Waals surface area contributed by atoms with Crippen LogP contribution in [0.3, 0.4) is 0 Å². The van der Waals surface area contributed by atoms with Crippen LogP contribution in [0.15, 0.2) is 47.3 Å². The second-order valence-corrected chi connectivity index (χ2v) is 7.86. The minimum atomic E-state index is -0.457. The molecule has 29 heavy (non-hydrogen) atoms. The number of hydrogen-bond donors (Lipinski definition) is 0. The van der Waals surface area contributed by atoms with E-state index in [4.69, 9.17) is 21.3 Å².